The van der Waals surface area contributed by atoms with E-state index in [0.29, 0.717) is 41.7 Å². The van der Waals surface area contributed by atoms with Crippen LogP contribution in [0.15, 0.2) is 48.5 Å². The first-order chi connectivity index (χ1) is 14.0. The minimum absolute atomic E-state index is 0.00560. The van der Waals surface area contributed by atoms with Gasteiger partial charge in [0.15, 0.2) is 10.6 Å². The number of aromatic amines is 1. The molecular weight excluding hydrogens is 408 g/mol. The number of likely N-dealkylation sites (N-methyl/N-ethyl adjacent to an activating group) is 1. The van der Waals surface area contributed by atoms with Crippen LogP contribution < -0.4 is 4.74 Å². The number of halogens is 1. The number of benzene rings is 2. The minimum Gasteiger partial charge on any atom is -0.490 e. The normalized spacial score (nSPS) is 10.7. The topological polar surface area (TPSA) is 63.2 Å². The van der Waals surface area contributed by atoms with Gasteiger partial charge in [-0.3, -0.25) is 14.5 Å². The molecule has 0 aliphatic carbocycles. The van der Waals surface area contributed by atoms with Crippen LogP contribution in [0.25, 0.3) is 11.4 Å². The predicted molar refractivity (Wildman–Crippen MR) is 117 cm³/mol. The van der Waals surface area contributed by atoms with Gasteiger partial charge in [0.2, 0.25) is 5.91 Å². The van der Waals surface area contributed by atoms with Gasteiger partial charge >= 0.3 is 0 Å². The molecule has 1 N–H and O–H groups in total. The molecule has 0 bridgehead atoms. The molecule has 3 rings (SSSR count). The number of nitrogens with zero attached hydrogens (tertiary/aromatic N) is 3. The van der Waals surface area contributed by atoms with Gasteiger partial charge in [0.25, 0.3) is 0 Å². The van der Waals surface area contributed by atoms with E-state index >= 15 is 0 Å². The number of rotatable bonds is 8. The maximum Gasteiger partial charge on any atom is 0.224 e. The number of carbonyl (C=O) groups is 1. The average Bonchev–Trinajstić information content (AvgIpc) is 3.08. The van der Waals surface area contributed by atoms with Crippen molar-refractivity contribution in [1.82, 2.24) is 19.7 Å². The summed E-state index contributed by atoms with van der Waals surface area (Å²) in [6.07, 6.45) is 0.315. The van der Waals surface area contributed by atoms with Crippen LogP contribution in [0, 0.1) is 11.7 Å². The van der Waals surface area contributed by atoms with Crippen LogP contribution in [-0.2, 0) is 11.3 Å². The lowest BCUT2D eigenvalue weighted by Gasteiger charge is -2.18. The molecule has 29 heavy (non-hydrogen) atoms. The molecule has 3 aromatic rings. The third-order valence-corrected chi connectivity index (χ3v) is 5.15. The summed E-state index contributed by atoms with van der Waals surface area (Å²) in [4.78, 5) is 14.2. The molecule has 1 aromatic heterocycles. The van der Waals surface area contributed by atoms with Crippen molar-refractivity contribution in [3.05, 3.63) is 63.9 Å². The van der Waals surface area contributed by atoms with Crippen molar-refractivity contribution < 1.29 is 9.53 Å². The number of aryl methyl sites for hydroxylation is 1. The van der Waals surface area contributed by atoms with Crippen LogP contribution in [0.4, 0.5) is 0 Å². The van der Waals surface area contributed by atoms with E-state index in [4.69, 9.17) is 28.6 Å². The second-order valence-electron chi connectivity index (χ2n) is 6.72. The number of nitrogens with one attached hydrogen (secondary N) is 1. The second kappa shape index (κ2) is 9.71. The Balaban J connectivity index is 1.56. The van der Waals surface area contributed by atoms with Gasteiger partial charge in [0.05, 0.1) is 11.6 Å². The fraction of sp³-hybridized carbons (Fsp3) is 0.286. The average molecular weight is 431 g/mol. The molecule has 0 saturated carbocycles. The molecular formula is C21H23ClN4O2S. The first-order valence-corrected chi connectivity index (χ1v) is 10.1. The zero-order valence-electron chi connectivity index (χ0n) is 16.4. The molecule has 0 spiro atoms. The molecule has 152 valence electrons. The Hall–Kier alpha value is -2.64. The Labute approximate surface area is 180 Å². The first kappa shape index (κ1) is 21.1. The lowest BCUT2D eigenvalue weighted by molar-refractivity contribution is -0.130. The summed E-state index contributed by atoms with van der Waals surface area (Å²) >= 11 is 11.4. The standard InChI is InChI=1S/C21H23ClN4O2S/c1-15-6-5-7-16(14-15)20-23-24-21(29)26(20)11-10-19(27)25(2)12-13-28-18-9-4-3-8-17(18)22/h3-9,14H,10-13H2,1-2H3,(H,24,29). The van der Waals surface area contributed by atoms with Crippen molar-refractivity contribution in [2.75, 3.05) is 20.2 Å². The first-order valence-electron chi connectivity index (χ1n) is 9.29. The molecule has 0 radical (unpaired) electrons. The van der Waals surface area contributed by atoms with E-state index in [0.717, 1.165) is 17.0 Å². The maximum atomic E-state index is 12.5. The highest BCUT2D eigenvalue weighted by Crippen LogP contribution is 2.23. The van der Waals surface area contributed by atoms with Crippen molar-refractivity contribution in [2.24, 2.45) is 0 Å². The molecule has 0 atom stereocenters. The molecule has 1 heterocycles. The largest absolute Gasteiger partial charge is 0.490 e. The van der Waals surface area contributed by atoms with Crippen LogP contribution in [0.1, 0.15) is 12.0 Å². The molecule has 1 amide bonds. The van der Waals surface area contributed by atoms with E-state index in [1.165, 1.54) is 0 Å². The van der Waals surface area contributed by atoms with Crippen LogP contribution in [0.2, 0.25) is 5.02 Å². The number of aromatic nitrogens is 3. The van der Waals surface area contributed by atoms with Gasteiger partial charge in [0, 0.05) is 25.6 Å². The number of H-pyrrole nitrogens is 1. The molecule has 8 heteroatoms. The molecule has 0 fully saturated rings. The number of hydrogen-bond acceptors (Lipinski definition) is 4. The number of hydrogen-bond donors (Lipinski definition) is 1. The second-order valence-corrected chi connectivity index (χ2v) is 7.51. The Morgan fingerprint density at radius 3 is 2.83 bits per heavy atom. The maximum absolute atomic E-state index is 12.5. The molecule has 0 aliphatic heterocycles. The monoisotopic (exact) mass is 430 g/mol. The van der Waals surface area contributed by atoms with E-state index in [-0.39, 0.29) is 5.91 Å². The summed E-state index contributed by atoms with van der Waals surface area (Å²) in [5.41, 5.74) is 2.10. The third kappa shape index (κ3) is 5.46. The van der Waals surface area contributed by atoms with Gasteiger partial charge in [-0.05, 0) is 37.3 Å². The molecule has 0 unspecified atom stereocenters. The molecule has 6 nitrogen and oxygen atoms in total. The molecule has 0 saturated heterocycles. The van der Waals surface area contributed by atoms with Crippen LogP contribution in [0.3, 0.4) is 0 Å². The highest BCUT2D eigenvalue weighted by Gasteiger charge is 2.13. The number of para-hydroxylation sites is 1. The lowest BCUT2D eigenvalue weighted by atomic mass is 10.1. The van der Waals surface area contributed by atoms with Gasteiger partial charge in [0.1, 0.15) is 12.4 Å². The predicted octanol–water partition coefficient (Wildman–Crippen LogP) is 4.50. The molecule has 0 aliphatic rings. The Morgan fingerprint density at radius 2 is 2.07 bits per heavy atom. The van der Waals surface area contributed by atoms with Crippen LogP contribution in [0.5, 0.6) is 5.75 Å². The zero-order chi connectivity index (χ0) is 20.8. The minimum atomic E-state index is 0.00560. The number of amides is 1. The Morgan fingerprint density at radius 1 is 1.28 bits per heavy atom. The van der Waals surface area contributed by atoms with E-state index in [1.54, 1.807) is 24.1 Å². The number of ether oxygens (including phenoxy) is 1. The smallest absolute Gasteiger partial charge is 0.224 e. The van der Waals surface area contributed by atoms with Gasteiger partial charge in [-0.25, -0.2) is 0 Å². The fourth-order valence-electron chi connectivity index (χ4n) is 2.91. The summed E-state index contributed by atoms with van der Waals surface area (Å²) in [6.45, 7) is 3.31. The van der Waals surface area contributed by atoms with Gasteiger partial charge in [-0.2, -0.15) is 5.10 Å². The SMILES string of the molecule is Cc1cccc(-c2n[nH]c(=S)n2CCC(=O)N(C)CCOc2ccccc2Cl)c1. The van der Waals surface area contributed by atoms with Gasteiger partial charge in [-0.15, -0.1) is 0 Å². The quantitative estimate of drug-likeness (QED) is 0.534. The number of carbonyl (C=O) groups excluding carboxylic acids is 1. The van der Waals surface area contributed by atoms with Crippen molar-refractivity contribution in [1.29, 1.82) is 0 Å². The fourth-order valence-corrected chi connectivity index (χ4v) is 3.32. The lowest BCUT2D eigenvalue weighted by Crippen LogP contribution is -2.31. The highest BCUT2D eigenvalue weighted by molar-refractivity contribution is 7.71. The van der Waals surface area contributed by atoms with Crippen molar-refractivity contribution in [2.45, 2.75) is 19.9 Å². The van der Waals surface area contributed by atoms with Crippen LogP contribution >= 0.6 is 23.8 Å². The van der Waals surface area contributed by atoms with E-state index in [2.05, 4.69) is 10.2 Å². The van der Waals surface area contributed by atoms with E-state index < -0.39 is 0 Å². The third-order valence-electron chi connectivity index (χ3n) is 4.53. The summed E-state index contributed by atoms with van der Waals surface area (Å²) in [6, 6.07) is 15.3. The van der Waals surface area contributed by atoms with Crippen molar-refractivity contribution in [3.8, 4) is 17.1 Å². The Bertz CT molecular complexity index is 1050. The van der Waals surface area contributed by atoms with Crippen molar-refractivity contribution >= 4 is 29.7 Å². The zero-order valence-corrected chi connectivity index (χ0v) is 18.0. The van der Waals surface area contributed by atoms with Crippen LogP contribution in [-0.4, -0.2) is 45.8 Å². The summed E-state index contributed by atoms with van der Waals surface area (Å²) in [5, 5.41) is 7.71. The van der Waals surface area contributed by atoms with Gasteiger partial charge < -0.3 is 9.64 Å². The van der Waals surface area contributed by atoms with Crippen molar-refractivity contribution in [3.63, 3.8) is 0 Å². The van der Waals surface area contributed by atoms with E-state index in [1.807, 2.05) is 47.9 Å². The molecule has 2 aromatic carbocycles. The summed E-state index contributed by atoms with van der Waals surface area (Å²) < 4.78 is 8.01. The Kier molecular flexibility index (Phi) is 7.06. The van der Waals surface area contributed by atoms with E-state index in [9.17, 15) is 4.79 Å². The van der Waals surface area contributed by atoms with Gasteiger partial charge in [-0.1, -0.05) is 47.5 Å². The summed E-state index contributed by atoms with van der Waals surface area (Å²) in [7, 11) is 1.76. The summed E-state index contributed by atoms with van der Waals surface area (Å²) in [5.74, 6) is 1.35. The highest BCUT2D eigenvalue weighted by atomic mass is 35.5.